The first-order valence-corrected chi connectivity index (χ1v) is 10.6. The number of nitrogens with two attached hydrogens (primary N) is 1. The molecule has 9 heteroatoms. The molecule has 158 valence electrons. The van der Waals surface area contributed by atoms with Crippen LogP contribution < -0.4 is 27.2 Å². The van der Waals surface area contributed by atoms with E-state index in [9.17, 15) is 9.59 Å². The zero-order valence-corrected chi connectivity index (χ0v) is 17.6. The second-order valence-electron chi connectivity index (χ2n) is 7.45. The van der Waals surface area contributed by atoms with E-state index in [1.54, 1.807) is 17.2 Å². The predicted octanol–water partition coefficient (Wildman–Crippen LogP) is 2.73. The molecule has 2 aromatic rings. The van der Waals surface area contributed by atoms with Crippen LogP contribution in [0.5, 0.6) is 0 Å². The third-order valence-corrected chi connectivity index (χ3v) is 5.63. The number of nitrogens with zero attached hydrogens (tertiary/aromatic N) is 2. The smallest absolute Gasteiger partial charge is 0.330 e. The van der Waals surface area contributed by atoms with Crippen LogP contribution in [0.25, 0.3) is 0 Å². The fraction of sp³-hybridized carbons (Fsp3) is 0.550. The molecule has 0 aromatic carbocycles. The SMILES string of the molecule is CCCCn1c(N)c(N(Cc2ccco2)C(=S)NC2CCCCC2)c(=O)[nH]c1=O. The molecule has 2 heterocycles. The number of anilines is 2. The van der Waals surface area contributed by atoms with Crippen molar-refractivity contribution < 1.29 is 4.42 Å². The Kier molecular flexibility index (Phi) is 7.13. The second kappa shape index (κ2) is 9.78. The number of hydrogen-bond donors (Lipinski definition) is 3. The number of thiocarbonyl (C=S) groups is 1. The molecule has 1 fully saturated rings. The van der Waals surface area contributed by atoms with Crippen LogP contribution in [0.3, 0.4) is 0 Å². The van der Waals surface area contributed by atoms with Gasteiger partial charge in [-0.2, -0.15) is 0 Å². The molecule has 0 aliphatic heterocycles. The average Bonchev–Trinajstić information content (AvgIpc) is 3.21. The van der Waals surface area contributed by atoms with Crippen LogP contribution in [0.4, 0.5) is 11.5 Å². The standard InChI is InChI=1S/C20H29N5O3S/c1-2-3-11-24-17(21)16(18(26)23-19(24)27)25(13-15-10-7-12-28-15)20(29)22-14-8-5-4-6-9-14/h7,10,12,14H,2-6,8-9,11,13,21H2,1H3,(H,22,29)(H,23,26,27). The maximum atomic E-state index is 12.7. The lowest BCUT2D eigenvalue weighted by Gasteiger charge is -2.30. The van der Waals surface area contributed by atoms with Gasteiger partial charge in [-0.1, -0.05) is 32.6 Å². The minimum atomic E-state index is -0.556. The van der Waals surface area contributed by atoms with Crippen molar-refractivity contribution in [2.75, 3.05) is 10.6 Å². The van der Waals surface area contributed by atoms with E-state index in [-0.39, 0.29) is 24.1 Å². The van der Waals surface area contributed by atoms with E-state index in [1.807, 2.05) is 13.0 Å². The summed E-state index contributed by atoms with van der Waals surface area (Å²) in [4.78, 5) is 29.1. The Morgan fingerprint density at radius 1 is 1.38 bits per heavy atom. The van der Waals surface area contributed by atoms with Crippen LogP contribution in [0.1, 0.15) is 57.6 Å². The second-order valence-corrected chi connectivity index (χ2v) is 7.83. The molecule has 1 saturated carbocycles. The number of unbranched alkanes of at least 4 members (excludes halogenated alkanes) is 1. The van der Waals surface area contributed by atoms with Gasteiger partial charge in [0.15, 0.2) is 10.8 Å². The molecule has 1 aliphatic rings. The van der Waals surface area contributed by atoms with Crippen LogP contribution in [0.15, 0.2) is 32.4 Å². The lowest BCUT2D eigenvalue weighted by molar-refractivity contribution is 0.412. The summed E-state index contributed by atoms with van der Waals surface area (Å²) >= 11 is 5.67. The van der Waals surface area contributed by atoms with Gasteiger partial charge >= 0.3 is 5.69 Å². The quantitative estimate of drug-likeness (QED) is 0.592. The first-order valence-electron chi connectivity index (χ1n) is 10.2. The van der Waals surface area contributed by atoms with Crippen molar-refractivity contribution in [2.24, 2.45) is 0 Å². The molecule has 29 heavy (non-hydrogen) atoms. The molecule has 0 amide bonds. The highest BCUT2D eigenvalue weighted by Gasteiger charge is 2.25. The fourth-order valence-corrected chi connectivity index (χ4v) is 4.01. The Labute approximate surface area is 175 Å². The van der Waals surface area contributed by atoms with Crippen LogP contribution in [-0.4, -0.2) is 20.7 Å². The molecule has 0 spiro atoms. The Hall–Kier alpha value is -2.55. The monoisotopic (exact) mass is 419 g/mol. The Balaban J connectivity index is 1.97. The van der Waals surface area contributed by atoms with Crippen LogP contribution in [0, 0.1) is 0 Å². The summed E-state index contributed by atoms with van der Waals surface area (Å²) in [7, 11) is 0. The van der Waals surface area contributed by atoms with Crippen molar-refractivity contribution >= 4 is 28.8 Å². The number of nitrogen functional groups attached to an aromatic ring is 1. The number of nitrogens with one attached hydrogen (secondary N) is 2. The highest BCUT2D eigenvalue weighted by atomic mass is 32.1. The minimum absolute atomic E-state index is 0.117. The Bertz CT molecular complexity index is 929. The molecule has 0 unspecified atom stereocenters. The van der Waals surface area contributed by atoms with E-state index in [2.05, 4.69) is 10.3 Å². The molecular formula is C20H29N5O3S. The predicted molar refractivity (Wildman–Crippen MR) is 118 cm³/mol. The van der Waals surface area contributed by atoms with Gasteiger partial charge in [-0.25, -0.2) is 4.79 Å². The Morgan fingerprint density at radius 3 is 2.79 bits per heavy atom. The summed E-state index contributed by atoms with van der Waals surface area (Å²) in [5, 5.41) is 3.79. The molecule has 3 rings (SSSR count). The lowest BCUT2D eigenvalue weighted by atomic mass is 9.96. The van der Waals surface area contributed by atoms with Crippen LogP contribution in [-0.2, 0) is 13.1 Å². The summed E-state index contributed by atoms with van der Waals surface area (Å²) in [6.07, 6.45) is 8.87. The molecular weight excluding hydrogens is 390 g/mol. The van der Waals surface area contributed by atoms with Gasteiger partial charge in [-0.05, 0) is 43.6 Å². The molecule has 0 atom stereocenters. The minimum Gasteiger partial charge on any atom is -0.467 e. The zero-order chi connectivity index (χ0) is 20.8. The molecule has 8 nitrogen and oxygen atoms in total. The number of rotatable bonds is 7. The lowest BCUT2D eigenvalue weighted by Crippen LogP contribution is -2.48. The third kappa shape index (κ3) is 5.09. The summed E-state index contributed by atoms with van der Waals surface area (Å²) in [5.74, 6) is 0.759. The summed E-state index contributed by atoms with van der Waals surface area (Å²) < 4.78 is 6.87. The van der Waals surface area contributed by atoms with E-state index < -0.39 is 11.2 Å². The van der Waals surface area contributed by atoms with E-state index in [1.165, 1.54) is 11.0 Å². The summed E-state index contributed by atoms with van der Waals surface area (Å²) in [5.41, 5.74) is 5.42. The van der Waals surface area contributed by atoms with Gasteiger partial charge in [0.2, 0.25) is 0 Å². The fourth-order valence-electron chi connectivity index (χ4n) is 3.69. The van der Waals surface area contributed by atoms with Gasteiger partial charge in [0.25, 0.3) is 5.56 Å². The van der Waals surface area contributed by atoms with E-state index in [0.717, 1.165) is 38.5 Å². The van der Waals surface area contributed by atoms with Crippen molar-refractivity contribution in [1.82, 2.24) is 14.9 Å². The van der Waals surface area contributed by atoms with Gasteiger partial charge in [-0.15, -0.1) is 0 Å². The number of aromatic amines is 1. The largest absolute Gasteiger partial charge is 0.467 e. The van der Waals surface area contributed by atoms with E-state index in [4.69, 9.17) is 22.4 Å². The molecule has 0 saturated heterocycles. The molecule has 0 radical (unpaired) electrons. The molecule has 0 bridgehead atoms. The average molecular weight is 420 g/mol. The van der Waals surface area contributed by atoms with Crippen LogP contribution >= 0.6 is 12.2 Å². The van der Waals surface area contributed by atoms with Crippen molar-refractivity contribution in [1.29, 1.82) is 0 Å². The first-order chi connectivity index (χ1) is 14.0. The van der Waals surface area contributed by atoms with Gasteiger partial charge < -0.3 is 20.4 Å². The normalized spacial score (nSPS) is 14.7. The van der Waals surface area contributed by atoms with Crippen molar-refractivity contribution in [3.8, 4) is 0 Å². The number of H-pyrrole nitrogens is 1. The maximum absolute atomic E-state index is 12.7. The summed E-state index contributed by atoms with van der Waals surface area (Å²) in [6, 6.07) is 3.86. The number of hydrogen-bond acceptors (Lipinski definition) is 5. The van der Waals surface area contributed by atoms with Gasteiger partial charge in [0, 0.05) is 12.6 Å². The van der Waals surface area contributed by atoms with Crippen LogP contribution in [0.2, 0.25) is 0 Å². The van der Waals surface area contributed by atoms with Crippen molar-refractivity contribution in [2.45, 2.75) is 71.0 Å². The third-order valence-electron chi connectivity index (χ3n) is 5.29. The highest BCUT2D eigenvalue weighted by molar-refractivity contribution is 7.80. The van der Waals surface area contributed by atoms with Gasteiger partial charge in [-0.3, -0.25) is 14.3 Å². The summed E-state index contributed by atoms with van der Waals surface area (Å²) in [6.45, 7) is 2.70. The molecule has 2 aromatic heterocycles. The highest BCUT2D eigenvalue weighted by Crippen LogP contribution is 2.22. The molecule has 4 N–H and O–H groups in total. The topological polar surface area (TPSA) is 109 Å². The van der Waals surface area contributed by atoms with Gasteiger partial charge in [0.1, 0.15) is 11.6 Å². The molecule has 1 aliphatic carbocycles. The Morgan fingerprint density at radius 2 is 2.14 bits per heavy atom. The van der Waals surface area contributed by atoms with Crippen molar-refractivity contribution in [3.05, 3.63) is 45.0 Å². The van der Waals surface area contributed by atoms with Crippen molar-refractivity contribution in [3.63, 3.8) is 0 Å². The zero-order valence-electron chi connectivity index (χ0n) is 16.8. The van der Waals surface area contributed by atoms with E-state index in [0.29, 0.717) is 17.4 Å². The number of furan rings is 1. The van der Waals surface area contributed by atoms with Gasteiger partial charge in [0.05, 0.1) is 12.8 Å². The number of aromatic nitrogens is 2. The van der Waals surface area contributed by atoms with E-state index >= 15 is 0 Å². The maximum Gasteiger partial charge on any atom is 0.330 e. The first kappa shape index (κ1) is 21.2.